The van der Waals surface area contributed by atoms with Crippen molar-refractivity contribution in [2.24, 2.45) is 5.92 Å². The maximum Gasteiger partial charge on any atom is 0.264 e. The maximum atomic E-state index is 12.8. The number of aryl methyl sites for hydroxylation is 2. The molecule has 0 aromatic carbocycles. The lowest BCUT2D eigenvalue weighted by molar-refractivity contribution is 0.0119. The van der Waals surface area contributed by atoms with E-state index < -0.39 is 0 Å². The molecular formula is C17H26N2O2S. The molecule has 1 aromatic rings. The van der Waals surface area contributed by atoms with Crippen LogP contribution in [0, 0.1) is 12.8 Å². The Morgan fingerprint density at radius 2 is 2.09 bits per heavy atom. The highest BCUT2D eigenvalue weighted by Crippen LogP contribution is 2.28. The normalized spacial score (nSPS) is 26.6. The monoisotopic (exact) mass is 322 g/mol. The summed E-state index contributed by atoms with van der Waals surface area (Å²) in [7, 11) is 0. The van der Waals surface area contributed by atoms with Crippen LogP contribution in [0.25, 0.3) is 0 Å². The minimum Gasteiger partial charge on any atom is -0.379 e. The Morgan fingerprint density at radius 1 is 1.36 bits per heavy atom. The lowest BCUT2D eigenvalue weighted by Gasteiger charge is -2.33. The third-order valence-corrected chi connectivity index (χ3v) is 6.30. The van der Waals surface area contributed by atoms with Gasteiger partial charge >= 0.3 is 0 Å². The van der Waals surface area contributed by atoms with Gasteiger partial charge in [-0.15, -0.1) is 11.3 Å². The van der Waals surface area contributed by atoms with Crippen molar-refractivity contribution in [3.8, 4) is 0 Å². The molecule has 2 atom stereocenters. The van der Waals surface area contributed by atoms with Crippen molar-refractivity contribution in [1.82, 2.24) is 9.80 Å². The van der Waals surface area contributed by atoms with Crippen LogP contribution in [0.2, 0.25) is 0 Å². The lowest BCUT2D eigenvalue weighted by Crippen LogP contribution is -2.47. The smallest absolute Gasteiger partial charge is 0.264 e. The number of nitrogens with zero attached hydrogens (tertiary/aromatic N) is 2. The molecule has 1 amide bonds. The molecular weight excluding hydrogens is 296 g/mol. The van der Waals surface area contributed by atoms with Gasteiger partial charge in [-0.25, -0.2) is 0 Å². The highest BCUT2D eigenvalue weighted by atomic mass is 32.1. The molecule has 0 spiro atoms. The van der Waals surface area contributed by atoms with E-state index >= 15 is 0 Å². The van der Waals surface area contributed by atoms with E-state index in [-0.39, 0.29) is 5.91 Å². The van der Waals surface area contributed by atoms with E-state index in [9.17, 15) is 4.79 Å². The molecule has 0 bridgehead atoms. The Morgan fingerprint density at radius 3 is 2.73 bits per heavy atom. The Hall–Kier alpha value is -0.910. The fourth-order valence-corrected chi connectivity index (χ4v) is 4.71. The van der Waals surface area contributed by atoms with Gasteiger partial charge in [0, 0.05) is 37.1 Å². The summed E-state index contributed by atoms with van der Waals surface area (Å²) in [4.78, 5) is 19.6. The molecule has 2 fully saturated rings. The minimum absolute atomic E-state index is 0.218. The topological polar surface area (TPSA) is 32.8 Å². The zero-order chi connectivity index (χ0) is 15.7. The third-order valence-electron chi connectivity index (χ3n) is 4.93. The van der Waals surface area contributed by atoms with Crippen LogP contribution in [0.3, 0.4) is 0 Å². The molecule has 0 N–H and O–H groups in total. The number of hydrogen-bond donors (Lipinski definition) is 0. The Balaban J connectivity index is 1.68. The number of rotatable bonds is 3. The van der Waals surface area contributed by atoms with Gasteiger partial charge in [0.05, 0.1) is 18.1 Å². The lowest BCUT2D eigenvalue weighted by atomic mass is 10.0. The molecule has 1 aromatic heterocycles. The van der Waals surface area contributed by atoms with Crippen molar-refractivity contribution in [1.29, 1.82) is 0 Å². The summed E-state index contributed by atoms with van der Waals surface area (Å²) < 4.78 is 5.45. The summed E-state index contributed by atoms with van der Waals surface area (Å²) in [6.07, 6.45) is 1.01. The fourth-order valence-electron chi connectivity index (χ4n) is 3.63. The quantitative estimate of drug-likeness (QED) is 0.857. The molecule has 5 heteroatoms. The third kappa shape index (κ3) is 3.07. The van der Waals surface area contributed by atoms with Gasteiger partial charge in [-0.2, -0.15) is 0 Å². The molecule has 3 heterocycles. The molecule has 2 aliphatic heterocycles. The van der Waals surface area contributed by atoms with E-state index in [1.165, 1.54) is 10.4 Å². The highest BCUT2D eigenvalue weighted by molar-refractivity contribution is 7.14. The van der Waals surface area contributed by atoms with Crippen LogP contribution in [0.5, 0.6) is 0 Å². The molecule has 2 saturated heterocycles. The minimum atomic E-state index is 0.218. The second-order valence-electron chi connectivity index (χ2n) is 6.47. The van der Waals surface area contributed by atoms with Crippen LogP contribution in [-0.2, 0) is 11.2 Å². The molecule has 2 aliphatic rings. The van der Waals surface area contributed by atoms with E-state index in [4.69, 9.17) is 4.74 Å². The molecule has 0 radical (unpaired) electrons. The zero-order valence-corrected chi connectivity index (χ0v) is 14.6. The van der Waals surface area contributed by atoms with Crippen LogP contribution in [0.15, 0.2) is 6.07 Å². The van der Waals surface area contributed by atoms with Gasteiger partial charge < -0.3 is 9.64 Å². The van der Waals surface area contributed by atoms with Crippen LogP contribution in [0.4, 0.5) is 0 Å². The Labute approximate surface area is 137 Å². The number of hydrogen-bond acceptors (Lipinski definition) is 4. The molecule has 0 unspecified atom stereocenters. The fraction of sp³-hybridized carbons (Fsp3) is 0.706. The van der Waals surface area contributed by atoms with Gasteiger partial charge in [-0.05, 0) is 30.9 Å². The summed E-state index contributed by atoms with van der Waals surface area (Å²) >= 11 is 1.67. The van der Waals surface area contributed by atoms with Crippen molar-refractivity contribution >= 4 is 17.2 Å². The van der Waals surface area contributed by atoms with Gasteiger partial charge in [0.25, 0.3) is 5.91 Å². The van der Waals surface area contributed by atoms with E-state index in [1.54, 1.807) is 11.3 Å². The van der Waals surface area contributed by atoms with Crippen molar-refractivity contribution in [2.75, 3.05) is 39.4 Å². The molecule has 4 nitrogen and oxygen atoms in total. The average Bonchev–Trinajstić information content (AvgIpc) is 3.10. The van der Waals surface area contributed by atoms with Crippen molar-refractivity contribution < 1.29 is 9.53 Å². The number of likely N-dealkylation sites (tertiary alicyclic amines) is 1. The van der Waals surface area contributed by atoms with Gasteiger partial charge in [0.15, 0.2) is 0 Å². The second-order valence-corrected chi connectivity index (χ2v) is 7.61. The predicted molar refractivity (Wildman–Crippen MR) is 89.7 cm³/mol. The van der Waals surface area contributed by atoms with Crippen molar-refractivity contribution in [3.63, 3.8) is 0 Å². The number of thiophene rings is 1. The Bertz CT molecular complexity index is 537. The first kappa shape index (κ1) is 16.0. The average molecular weight is 322 g/mol. The molecule has 0 aliphatic carbocycles. The van der Waals surface area contributed by atoms with Gasteiger partial charge in [-0.1, -0.05) is 13.8 Å². The maximum absolute atomic E-state index is 12.8. The molecule has 22 heavy (non-hydrogen) atoms. The predicted octanol–water partition coefficient (Wildman–Crippen LogP) is 2.41. The molecule has 3 rings (SSSR count). The van der Waals surface area contributed by atoms with E-state index in [0.29, 0.717) is 12.0 Å². The SMILES string of the molecule is CCc1sc(C(=O)N2C[C@@H](C)[C@@H](N3CCOCC3)C2)cc1C. The number of carbonyl (C=O) groups is 1. The van der Waals surface area contributed by atoms with Gasteiger partial charge in [-0.3, -0.25) is 9.69 Å². The van der Waals surface area contributed by atoms with Crippen LogP contribution in [0.1, 0.15) is 34.0 Å². The zero-order valence-electron chi connectivity index (χ0n) is 13.8. The van der Waals surface area contributed by atoms with Crippen LogP contribution < -0.4 is 0 Å². The summed E-state index contributed by atoms with van der Waals surface area (Å²) in [5, 5.41) is 0. The molecule has 122 valence electrons. The largest absolute Gasteiger partial charge is 0.379 e. The van der Waals surface area contributed by atoms with Crippen LogP contribution >= 0.6 is 11.3 Å². The summed E-state index contributed by atoms with van der Waals surface area (Å²) in [6, 6.07) is 2.55. The summed E-state index contributed by atoms with van der Waals surface area (Å²) in [6.45, 7) is 11.9. The molecule has 0 saturated carbocycles. The number of morpholine rings is 1. The van der Waals surface area contributed by atoms with E-state index in [0.717, 1.165) is 50.7 Å². The van der Waals surface area contributed by atoms with E-state index in [2.05, 4.69) is 36.6 Å². The standard InChI is InChI=1S/C17H26N2O2S/c1-4-15-12(2)9-16(22-15)17(20)19-10-13(3)14(11-19)18-5-7-21-8-6-18/h9,13-14H,4-8,10-11H2,1-3H3/t13-,14+/m1/s1. The first-order valence-electron chi connectivity index (χ1n) is 8.30. The number of amides is 1. The first-order valence-corrected chi connectivity index (χ1v) is 9.12. The summed E-state index contributed by atoms with van der Waals surface area (Å²) in [5.74, 6) is 0.754. The van der Waals surface area contributed by atoms with Gasteiger partial charge in [0.1, 0.15) is 0 Å². The second kappa shape index (κ2) is 6.69. The number of ether oxygens (including phenoxy) is 1. The van der Waals surface area contributed by atoms with Gasteiger partial charge in [0.2, 0.25) is 0 Å². The summed E-state index contributed by atoms with van der Waals surface area (Å²) in [5.41, 5.74) is 1.26. The van der Waals surface area contributed by atoms with Crippen LogP contribution in [-0.4, -0.2) is 61.1 Å². The van der Waals surface area contributed by atoms with Crippen molar-refractivity contribution in [2.45, 2.75) is 33.2 Å². The van der Waals surface area contributed by atoms with Crippen molar-refractivity contribution in [3.05, 3.63) is 21.4 Å². The highest BCUT2D eigenvalue weighted by Gasteiger charge is 2.37. The van der Waals surface area contributed by atoms with E-state index in [1.807, 2.05) is 0 Å². The number of carbonyl (C=O) groups excluding carboxylic acids is 1. The first-order chi connectivity index (χ1) is 10.6. The Kier molecular flexibility index (Phi) is 4.85.